The van der Waals surface area contributed by atoms with Gasteiger partial charge in [0, 0.05) is 127 Å². The summed E-state index contributed by atoms with van der Waals surface area (Å²) in [5.74, 6) is -5.17. The Balaban J connectivity index is 1.30. The van der Waals surface area contributed by atoms with Crippen LogP contribution >= 0.6 is 0 Å². The monoisotopic (exact) mass is 2040 g/mol. The number of hydrogen-bond donors (Lipinski definition) is 8. The van der Waals surface area contributed by atoms with Crippen LogP contribution in [0.2, 0.25) is 48.4 Å². The maximum absolute atomic E-state index is 13.4. The fourth-order valence-electron chi connectivity index (χ4n) is 14.9. The molecule has 8 N–H and O–H groups in total. The van der Waals surface area contributed by atoms with E-state index in [1.807, 2.05) is 19.6 Å². The smallest absolute Gasteiger partial charge is 0.463 e. The Kier molecular flexibility index (Phi) is 50.6. The lowest BCUT2D eigenvalue weighted by molar-refractivity contribution is -0.146. The molecule has 10 aliphatic heterocycles. The summed E-state index contributed by atoms with van der Waals surface area (Å²) < 4.78 is 190. The maximum atomic E-state index is 13.4. The third kappa shape index (κ3) is 42.3. The van der Waals surface area contributed by atoms with Crippen molar-refractivity contribution in [3.05, 3.63) is 0 Å². The predicted molar refractivity (Wildman–Crippen MR) is 464 cm³/mol. The third-order valence-corrected chi connectivity index (χ3v) is 58.9. The topological polar surface area (TPSA) is 583 Å². The number of carbonyl (C=O) groups excluding carboxylic acids is 8. The molecule has 10 aliphatic rings. The number of ether oxygens (including phenoxy) is 16. The van der Waals surface area contributed by atoms with Crippen LogP contribution in [0.15, 0.2) is 0 Å². The van der Waals surface area contributed by atoms with Crippen LogP contribution < -0.4 is 0 Å². The minimum Gasteiger partial charge on any atom is -0.463 e. The van der Waals surface area contributed by atoms with E-state index in [1.165, 1.54) is 0 Å². The molecule has 0 aromatic heterocycles. The van der Waals surface area contributed by atoms with E-state index < -0.39 is 171 Å². The van der Waals surface area contributed by atoms with Crippen LogP contribution in [-0.4, -0.2) is 467 Å². The lowest BCUT2D eigenvalue weighted by atomic mass is 10.3. The van der Waals surface area contributed by atoms with Gasteiger partial charge in [-0.15, -0.1) is 0 Å². The number of hydrogen-bond acceptors (Lipinski definition) is 48. The molecule has 0 spiro atoms. The second-order valence-electron chi connectivity index (χ2n) is 32.6. The molecule has 10 fully saturated rings. The molecular formula is C76H140N4O44Si8. The number of aliphatic hydroxyl groups is 8. The zero-order chi connectivity index (χ0) is 94.3. The van der Waals surface area contributed by atoms with Crippen LogP contribution in [0.5, 0.6) is 0 Å². The highest BCUT2D eigenvalue weighted by atomic mass is 28.6. The number of nitrogens with zero attached hydrogens (tertiary/aromatic N) is 4. The van der Waals surface area contributed by atoms with Gasteiger partial charge in [0.1, 0.15) is 77.3 Å². The van der Waals surface area contributed by atoms with Crippen molar-refractivity contribution in [3.63, 3.8) is 0 Å². The minimum atomic E-state index is -5.09. The summed E-state index contributed by atoms with van der Waals surface area (Å²) >= 11 is 0. The van der Waals surface area contributed by atoms with Gasteiger partial charge in [-0.05, 0) is 77.5 Å². The van der Waals surface area contributed by atoms with E-state index in [1.54, 1.807) is 0 Å². The summed E-state index contributed by atoms with van der Waals surface area (Å²) in [7, 11) is -40.7. The number of aliphatic hydroxyl groups excluding tert-OH is 8. The summed E-state index contributed by atoms with van der Waals surface area (Å²) in [6.45, 7) is -2.47. The Morgan fingerprint density at radius 1 is 0.212 bits per heavy atom. The maximum Gasteiger partial charge on any atom is 0.478 e. The van der Waals surface area contributed by atoms with Gasteiger partial charge in [-0.2, -0.15) is 0 Å². The highest BCUT2D eigenvalue weighted by Gasteiger charge is 2.83. The summed E-state index contributed by atoms with van der Waals surface area (Å²) in [6, 6.07) is -1.32. The van der Waals surface area contributed by atoms with E-state index in [9.17, 15) is 79.2 Å². The Morgan fingerprint density at radius 3 is 0.477 bits per heavy atom. The first-order valence-electron chi connectivity index (χ1n) is 46.1. The average Bonchev–Trinajstić information content (AvgIpc) is 1.12. The van der Waals surface area contributed by atoms with Gasteiger partial charge in [0.25, 0.3) is 0 Å². The fourth-order valence-corrected chi connectivity index (χ4v) is 65.1. The molecule has 8 bridgehead atoms. The number of epoxide rings is 4. The number of esters is 8. The lowest BCUT2D eigenvalue weighted by Gasteiger charge is -2.63. The van der Waals surface area contributed by atoms with Crippen LogP contribution in [-0.2, 0) is 164 Å². The SMILES string of the molecule is O=C(CCN(CCC[Si]12O[Si]3(CCCOCC4CO4)O[Si]4(CCCN(CCC(=O)OCCO)CCC(=O)OCCO)O[Si](CCCOCC5CO5)(O1)O[Si]1(CCCN(CCC(=O)OCCO)CCC(=O)OCCO)O[Si](CCCOCC5CO5)(O2)O[Si](CCCN(CCC(=O)OCCO)CCC(=O)OCCO)(O3)O[Si](CCCOCC2CO2)(O4)O1)CCC(=O)OCCO)OCCO. The van der Waals surface area contributed by atoms with Crippen LogP contribution in [0.3, 0.4) is 0 Å². The summed E-state index contributed by atoms with van der Waals surface area (Å²) in [4.78, 5) is 114. The molecule has 132 heavy (non-hydrogen) atoms. The molecule has 760 valence electrons. The van der Waals surface area contributed by atoms with E-state index in [0.29, 0.717) is 26.4 Å². The van der Waals surface area contributed by atoms with E-state index in [0.717, 1.165) is 0 Å². The first kappa shape index (κ1) is 112. The van der Waals surface area contributed by atoms with Crippen molar-refractivity contribution in [1.82, 2.24) is 19.6 Å². The molecule has 0 aromatic rings. The molecule has 0 aliphatic carbocycles. The largest absolute Gasteiger partial charge is 0.478 e. The fraction of sp³-hybridized carbons (Fsp3) is 0.895. The van der Waals surface area contributed by atoms with Crippen LogP contribution in [0.4, 0.5) is 0 Å². The van der Waals surface area contributed by atoms with E-state index in [-0.39, 0.29) is 360 Å². The highest BCUT2D eigenvalue weighted by molar-refractivity contribution is 7.03. The number of carbonyl (C=O) groups is 8. The van der Waals surface area contributed by atoms with E-state index >= 15 is 0 Å². The van der Waals surface area contributed by atoms with Crippen molar-refractivity contribution in [2.24, 2.45) is 0 Å². The van der Waals surface area contributed by atoms with Gasteiger partial charge < -0.3 is 186 Å². The second kappa shape index (κ2) is 59.7. The van der Waals surface area contributed by atoms with Crippen LogP contribution in [0.1, 0.15) is 103 Å². The van der Waals surface area contributed by atoms with Gasteiger partial charge in [0.05, 0.1) is 157 Å². The zero-order valence-electron chi connectivity index (χ0n) is 75.6. The molecule has 0 aromatic carbocycles. The van der Waals surface area contributed by atoms with Crippen molar-refractivity contribution in [2.45, 2.75) is 176 Å². The quantitative estimate of drug-likeness (QED) is 0.00999. The normalized spacial score (nSPS) is 27.1. The van der Waals surface area contributed by atoms with Gasteiger partial charge in [-0.3, -0.25) is 38.4 Å². The van der Waals surface area contributed by atoms with Crippen molar-refractivity contribution in [1.29, 1.82) is 0 Å². The standard InChI is InChI=1S/C76H140N4O44Si8/c81-29-41-101-69(89)9-21-77(22-10-70(90)102-42-30-82)17-1-49-125-113-129(53-5-37-97-57-65-61-109-65)116-126(50-2-18-78(23-11-71(91)103-43-31-83)24-12-72(92)104-44-32-84)117-130(114-125,54-6-38-98-58-66-62-110-66)119-128(52-4-20-80(27-15-75(95)107-47-35-87)28-16-76(96)108-48-36-88)121-131(115-125,55-7-39-99-59-67-63-111-67)120-127(118-129,123-132(122-126,124-128)56-8-40-100-60-68-64-112-68)51-3-19-79(25-13-73(93)105-45-33-85)26-14-74(94)106-46-34-86/h65-68,81-88H,1-64H2. The van der Waals surface area contributed by atoms with Crippen LogP contribution in [0.25, 0.3) is 0 Å². The molecule has 56 heteroatoms. The molecule has 10 rings (SSSR count). The average molecular weight is 2040 g/mol. The molecule has 48 nitrogen and oxygen atoms in total. The summed E-state index contributed by atoms with van der Waals surface area (Å²) in [5.41, 5.74) is 0. The zero-order valence-corrected chi connectivity index (χ0v) is 83.6. The summed E-state index contributed by atoms with van der Waals surface area (Å²) in [5, 5.41) is 77.3. The highest BCUT2D eigenvalue weighted by Crippen LogP contribution is 2.55. The molecule has 0 radical (unpaired) electrons. The lowest BCUT2D eigenvalue weighted by Crippen LogP contribution is -2.88. The van der Waals surface area contributed by atoms with Gasteiger partial charge >= 0.3 is 118 Å². The van der Waals surface area contributed by atoms with Crippen molar-refractivity contribution in [3.8, 4) is 0 Å². The molecule has 10 heterocycles. The Hall–Kier alpha value is -3.78. The Morgan fingerprint density at radius 2 is 0.348 bits per heavy atom. The Labute approximate surface area is 777 Å². The van der Waals surface area contributed by atoms with Crippen LogP contribution in [0, 0.1) is 0 Å². The first-order chi connectivity index (χ1) is 63.9. The summed E-state index contributed by atoms with van der Waals surface area (Å²) in [6.07, 6.45) is -1.64. The molecule has 0 saturated carbocycles. The second-order valence-corrected chi connectivity index (χ2v) is 57.3. The molecule has 10 saturated heterocycles. The van der Waals surface area contributed by atoms with Gasteiger partial charge in [0.2, 0.25) is 0 Å². The van der Waals surface area contributed by atoms with Crippen molar-refractivity contribution in [2.75, 3.05) is 264 Å². The third-order valence-electron chi connectivity index (χ3n) is 21.4. The van der Waals surface area contributed by atoms with E-state index in [2.05, 4.69) is 0 Å². The minimum absolute atomic E-state index is 0.00521. The Bertz CT molecular complexity index is 2800. The van der Waals surface area contributed by atoms with Gasteiger partial charge in [-0.25, -0.2) is 0 Å². The molecular weight excluding hydrogens is 1900 g/mol. The molecule has 4 atom stereocenters. The predicted octanol–water partition coefficient (Wildman–Crippen LogP) is -2.84. The van der Waals surface area contributed by atoms with Crippen molar-refractivity contribution < 1.29 is 204 Å². The number of rotatable bonds is 80. The molecule has 0 amide bonds. The van der Waals surface area contributed by atoms with E-state index in [4.69, 9.17) is 125 Å². The van der Waals surface area contributed by atoms with Crippen molar-refractivity contribution >= 4 is 118 Å². The van der Waals surface area contributed by atoms with Gasteiger partial charge in [0.15, 0.2) is 0 Å². The van der Waals surface area contributed by atoms with Gasteiger partial charge in [-0.1, -0.05) is 0 Å². The molecule has 4 unspecified atom stereocenters. The first-order valence-corrected chi connectivity index (χ1v) is 61.6.